The predicted octanol–water partition coefficient (Wildman–Crippen LogP) is 0.394. The topological polar surface area (TPSA) is 75.1 Å². The van der Waals surface area contributed by atoms with E-state index in [1.54, 1.807) is 14.1 Å². The molecule has 1 rings (SSSR count). The van der Waals surface area contributed by atoms with Crippen LogP contribution in [0.1, 0.15) is 26.5 Å². The molecule has 0 aromatic carbocycles. The maximum atomic E-state index is 11.3. The van der Waals surface area contributed by atoms with Crippen molar-refractivity contribution in [2.75, 3.05) is 27.2 Å². The van der Waals surface area contributed by atoms with Crippen molar-refractivity contribution in [1.29, 1.82) is 0 Å². The van der Waals surface area contributed by atoms with Gasteiger partial charge in [0.25, 0.3) is 0 Å². The number of nitrogens with one attached hydrogen (secondary N) is 2. The number of nitrogens with zero attached hydrogens (tertiary/aromatic N) is 4. The summed E-state index contributed by atoms with van der Waals surface area (Å²) in [6, 6.07) is -0.0829. The molecular formula is C12H24N6O. The van der Waals surface area contributed by atoms with Crippen LogP contribution in [-0.2, 0) is 12.1 Å². The molecule has 0 spiro atoms. The minimum absolute atomic E-state index is 0.0507. The molecule has 0 unspecified atom stereocenters. The number of carbonyl (C=O) groups is 1. The minimum atomic E-state index is -0.0829. The number of rotatable bonds is 5. The molecule has 0 atom stereocenters. The molecule has 0 saturated heterocycles. The lowest BCUT2D eigenvalue weighted by molar-refractivity contribution is 0.217. The van der Waals surface area contributed by atoms with Crippen molar-refractivity contribution in [3.63, 3.8) is 0 Å². The smallest absolute Gasteiger partial charge is 0.316 e. The summed E-state index contributed by atoms with van der Waals surface area (Å²) < 4.78 is 1.85. The van der Waals surface area contributed by atoms with Gasteiger partial charge in [0.2, 0.25) is 0 Å². The van der Waals surface area contributed by atoms with Crippen molar-refractivity contribution in [3.05, 3.63) is 11.9 Å². The van der Waals surface area contributed by atoms with Gasteiger partial charge in [0.15, 0.2) is 0 Å². The van der Waals surface area contributed by atoms with Gasteiger partial charge in [0.1, 0.15) is 0 Å². The van der Waals surface area contributed by atoms with E-state index in [1.165, 1.54) is 4.90 Å². The quantitative estimate of drug-likeness (QED) is 0.758. The highest BCUT2D eigenvalue weighted by molar-refractivity contribution is 5.73. The average molecular weight is 268 g/mol. The Hall–Kier alpha value is -1.63. The third kappa shape index (κ3) is 5.25. The third-order valence-corrected chi connectivity index (χ3v) is 2.52. The van der Waals surface area contributed by atoms with Gasteiger partial charge in [-0.05, 0) is 20.8 Å². The Bertz CT molecular complexity index is 407. The van der Waals surface area contributed by atoms with E-state index >= 15 is 0 Å². The van der Waals surface area contributed by atoms with Gasteiger partial charge in [-0.3, -0.25) is 0 Å². The van der Waals surface area contributed by atoms with Gasteiger partial charge in [-0.1, -0.05) is 5.21 Å². The highest BCUT2D eigenvalue weighted by atomic mass is 16.2. The zero-order valence-corrected chi connectivity index (χ0v) is 12.4. The third-order valence-electron chi connectivity index (χ3n) is 2.52. The van der Waals surface area contributed by atoms with E-state index in [0.29, 0.717) is 19.6 Å². The molecular weight excluding hydrogens is 244 g/mol. The van der Waals surface area contributed by atoms with Crippen LogP contribution in [0.2, 0.25) is 0 Å². The Morgan fingerprint density at radius 2 is 2.05 bits per heavy atom. The first-order chi connectivity index (χ1) is 8.80. The van der Waals surface area contributed by atoms with Crippen LogP contribution in [0, 0.1) is 0 Å². The lowest BCUT2D eigenvalue weighted by Crippen LogP contribution is -2.38. The van der Waals surface area contributed by atoms with Crippen LogP contribution in [0.25, 0.3) is 0 Å². The van der Waals surface area contributed by atoms with Gasteiger partial charge in [-0.15, -0.1) is 5.10 Å². The zero-order valence-electron chi connectivity index (χ0n) is 12.4. The molecule has 0 bridgehead atoms. The maximum Gasteiger partial charge on any atom is 0.316 e. The molecule has 1 heterocycles. The summed E-state index contributed by atoms with van der Waals surface area (Å²) in [5.41, 5.74) is 0.846. The number of carbonyl (C=O) groups excluding carboxylic acids is 1. The van der Waals surface area contributed by atoms with Crippen LogP contribution in [0.15, 0.2) is 6.20 Å². The summed E-state index contributed by atoms with van der Waals surface area (Å²) in [6.45, 7) is 8.17. The van der Waals surface area contributed by atoms with E-state index in [2.05, 4.69) is 41.7 Å². The molecule has 7 nitrogen and oxygen atoms in total. The van der Waals surface area contributed by atoms with Crippen molar-refractivity contribution in [2.24, 2.45) is 0 Å². The van der Waals surface area contributed by atoms with Gasteiger partial charge in [0, 0.05) is 33.7 Å². The summed E-state index contributed by atoms with van der Waals surface area (Å²) >= 11 is 0. The van der Waals surface area contributed by atoms with Gasteiger partial charge in [-0.2, -0.15) is 0 Å². The van der Waals surface area contributed by atoms with Crippen molar-refractivity contribution in [2.45, 2.75) is 32.9 Å². The number of aromatic nitrogens is 3. The van der Waals surface area contributed by atoms with E-state index in [9.17, 15) is 4.79 Å². The van der Waals surface area contributed by atoms with Crippen molar-refractivity contribution >= 4 is 6.03 Å². The largest absolute Gasteiger partial charge is 0.337 e. The Morgan fingerprint density at radius 3 is 2.58 bits per heavy atom. The Balaban J connectivity index is 2.23. The van der Waals surface area contributed by atoms with Gasteiger partial charge in [-0.25, -0.2) is 9.48 Å². The minimum Gasteiger partial charge on any atom is -0.337 e. The average Bonchev–Trinajstić information content (AvgIpc) is 2.76. The van der Waals surface area contributed by atoms with Crippen molar-refractivity contribution < 1.29 is 4.79 Å². The van der Waals surface area contributed by atoms with Crippen LogP contribution >= 0.6 is 0 Å². The highest BCUT2D eigenvalue weighted by Crippen LogP contribution is 2.11. The standard InChI is InChI=1S/C12H24N6O/c1-12(2,3)18-9-10(15-16-18)8-13-6-7-14-11(19)17(4)5/h9,13H,6-8H2,1-5H3,(H,14,19). The maximum absolute atomic E-state index is 11.3. The summed E-state index contributed by atoms with van der Waals surface area (Å²) in [5.74, 6) is 0. The molecule has 19 heavy (non-hydrogen) atoms. The second-order valence-corrected chi connectivity index (χ2v) is 5.63. The molecule has 1 aromatic rings. The number of hydrogen-bond donors (Lipinski definition) is 2. The first-order valence-corrected chi connectivity index (χ1v) is 6.38. The van der Waals surface area contributed by atoms with E-state index in [1.807, 2.05) is 10.9 Å². The first-order valence-electron chi connectivity index (χ1n) is 6.38. The second-order valence-electron chi connectivity index (χ2n) is 5.63. The molecule has 1 aromatic heterocycles. The predicted molar refractivity (Wildman–Crippen MR) is 73.8 cm³/mol. The number of amides is 2. The Kier molecular flexibility index (Phi) is 5.29. The monoisotopic (exact) mass is 268 g/mol. The van der Waals surface area contributed by atoms with Crippen LogP contribution in [0.4, 0.5) is 4.79 Å². The van der Waals surface area contributed by atoms with E-state index in [-0.39, 0.29) is 11.6 Å². The van der Waals surface area contributed by atoms with E-state index in [0.717, 1.165) is 5.69 Å². The second kappa shape index (κ2) is 6.51. The zero-order chi connectivity index (χ0) is 14.5. The van der Waals surface area contributed by atoms with Crippen LogP contribution < -0.4 is 10.6 Å². The molecule has 0 saturated carbocycles. The molecule has 7 heteroatoms. The number of urea groups is 1. The molecule has 0 aliphatic rings. The van der Waals surface area contributed by atoms with Crippen LogP contribution in [0.3, 0.4) is 0 Å². The lowest BCUT2D eigenvalue weighted by Gasteiger charge is -2.17. The molecule has 2 N–H and O–H groups in total. The molecule has 108 valence electrons. The molecule has 2 amide bonds. The first kappa shape index (κ1) is 15.4. The molecule has 0 fully saturated rings. The normalized spacial score (nSPS) is 11.4. The fourth-order valence-electron chi connectivity index (χ4n) is 1.34. The summed E-state index contributed by atoms with van der Waals surface area (Å²) in [6.07, 6.45) is 1.94. The summed E-state index contributed by atoms with van der Waals surface area (Å²) in [7, 11) is 3.43. The lowest BCUT2D eigenvalue weighted by atomic mass is 10.1. The van der Waals surface area contributed by atoms with E-state index < -0.39 is 0 Å². The van der Waals surface area contributed by atoms with Gasteiger partial charge >= 0.3 is 6.03 Å². The van der Waals surface area contributed by atoms with Crippen molar-refractivity contribution in [3.8, 4) is 0 Å². The summed E-state index contributed by atoms with van der Waals surface area (Å²) in [4.78, 5) is 12.8. The van der Waals surface area contributed by atoms with Gasteiger partial charge < -0.3 is 15.5 Å². The molecule has 0 aliphatic heterocycles. The van der Waals surface area contributed by atoms with Crippen molar-refractivity contribution in [1.82, 2.24) is 30.5 Å². The Morgan fingerprint density at radius 1 is 1.37 bits per heavy atom. The molecule has 0 aliphatic carbocycles. The summed E-state index contributed by atoms with van der Waals surface area (Å²) in [5, 5.41) is 14.2. The van der Waals surface area contributed by atoms with E-state index in [4.69, 9.17) is 0 Å². The van der Waals surface area contributed by atoms with Crippen LogP contribution in [-0.4, -0.2) is 53.1 Å². The van der Waals surface area contributed by atoms with Crippen LogP contribution in [0.5, 0.6) is 0 Å². The number of hydrogen-bond acceptors (Lipinski definition) is 4. The molecule has 0 radical (unpaired) electrons. The fourth-order valence-corrected chi connectivity index (χ4v) is 1.34. The SMILES string of the molecule is CN(C)C(=O)NCCNCc1cn(C(C)(C)C)nn1. The fraction of sp³-hybridized carbons (Fsp3) is 0.750. The van der Waals surface area contributed by atoms with Gasteiger partial charge in [0.05, 0.1) is 17.4 Å². The highest BCUT2D eigenvalue weighted by Gasteiger charge is 2.14. The Labute approximate surface area is 114 Å².